The van der Waals surface area contributed by atoms with Gasteiger partial charge in [0.1, 0.15) is 0 Å². The number of amides is 1. The van der Waals surface area contributed by atoms with Crippen LogP contribution in [0.2, 0.25) is 0 Å². The molecule has 0 unspecified atom stereocenters. The van der Waals surface area contributed by atoms with Crippen molar-refractivity contribution in [3.63, 3.8) is 0 Å². The molecule has 3 rings (SSSR count). The van der Waals surface area contributed by atoms with E-state index in [0.717, 1.165) is 17.1 Å². The molecule has 2 aliphatic rings. The fraction of sp³-hybridized carbons (Fsp3) is 0.429. The van der Waals surface area contributed by atoms with Gasteiger partial charge in [-0.2, -0.15) is 0 Å². The van der Waals surface area contributed by atoms with Crippen molar-refractivity contribution >= 4 is 11.9 Å². The van der Waals surface area contributed by atoms with Crippen LogP contribution >= 0.6 is 0 Å². The second kappa shape index (κ2) is 5.03. The predicted molar refractivity (Wildman–Crippen MR) is 68.5 cm³/mol. The highest BCUT2D eigenvalue weighted by atomic mass is 16.7. The van der Waals surface area contributed by atoms with Crippen LogP contribution in [-0.4, -0.2) is 30.3 Å². The highest BCUT2D eigenvalue weighted by Crippen LogP contribution is 2.38. The van der Waals surface area contributed by atoms with Gasteiger partial charge in [0, 0.05) is 6.54 Å². The molecule has 6 nitrogen and oxygen atoms in total. The molecule has 1 aromatic rings. The normalized spacial score (nSPS) is 22.4. The first-order valence-corrected chi connectivity index (χ1v) is 6.54. The van der Waals surface area contributed by atoms with Crippen LogP contribution in [0, 0.1) is 11.8 Å². The third kappa shape index (κ3) is 2.54. The Bertz CT molecular complexity index is 556. The summed E-state index contributed by atoms with van der Waals surface area (Å²) in [6.07, 6.45) is 1.12. The van der Waals surface area contributed by atoms with Gasteiger partial charge in [-0.05, 0) is 30.5 Å². The van der Waals surface area contributed by atoms with E-state index in [2.05, 4.69) is 5.32 Å². The van der Waals surface area contributed by atoms with E-state index in [0.29, 0.717) is 19.4 Å². The molecule has 2 atom stereocenters. The van der Waals surface area contributed by atoms with E-state index in [9.17, 15) is 9.59 Å². The van der Waals surface area contributed by atoms with Crippen molar-refractivity contribution in [2.24, 2.45) is 11.8 Å². The molecule has 1 amide bonds. The maximum absolute atomic E-state index is 11.7. The molecule has 6 heteroatoms. The number of carbonyl (C=O) groups is 2. The van der Waals surface area contributed by atoms with E-state index in [1.54, 1.807) is 0 Å². The van der Waals surface area contributed by atoms with Crippen LogP contribution in [0.1, 0.15) is 12.0 Å². The molecule has 1 fully saturated rings. The fourth-order valence-electron chi connectivity index (χ4n) is 2.32. The van der Waals surface area contributed by atoms with Gasteiger partial charge < -0.3 is 19.9 Å². The standard InChI is InChI=1S/C14H15NO5/c16-13(9-6-10(9)14(17)18)15-4-3-8-1-2-11-12(5-8)20-7-19-11/h1-2,5,9-10H,3-4,6-7H2,(H,15,16)(H,17,18)/t9-,10+/m1/s1. The van der Waals surface area contributed by atoms with Crippen LogP contribution < -0.4 is 14.8 Å². The number of carboxylic acid groups (broad SMARTS) is 1. The number of carbonyl (C=O) groups excluding carboxylic acids is 1. The second-order valence-corrected chi connectivity index (χ2v) is 5.02. The molecule has 0 radical (unpaired) electrons. The highest BCUT2D eigenvalue weighted by molar-refractivity contribution is 5.89. The van der Waals surface area contributed by atoms with Gasteiger partial charge in [-0.3, -0.25) is 9.59 Å². The Hall–Kier alpha value is -2.24. The lowest BCUT2D eigenvalue weighted by molar-refractivity contribution is -0.140. The summed E-state index contributed by atoms with van der Waals surface area (Å²) in [6.45, 7) is 0.731. The third-order valence-electron chi connectivity index (χ3n) is 3.59. The van der Waals surface area contributed by atoms with E-state index in [1.165, 1.54) is 0 Å². The summed E-state index contributed by atoms with van der Waals surface area (Å²) in [4.78, 5) is 22.4. The van der Waals surface area contributed by atoms with Crippen LogP contribution in [0.5, 0.6) is 11.5 Å². The van der Waals surface area contributed by atoms with Crippen LogP contribution in [0.25, 0.3) is 0 Å². The minimum absolute atomic E-state index is 0.168. The second-order valence-electron chi connectivity index (χ2n) is 5.02. The first-order chi connectivity index (χ1) is 9.65. The molecular formula is C14H15NO5. The molecule has 1 aromatic carbocycles. The minimum atomic E-state index is -0.888. The Balaban J connectivity index is 1.46. The van der Waals surface area contributed by atoms with Crippen LogP contribution in [0.4, 0.5) is 0 Å². The van der Waals surface area contributed by atoms with Crippen molar-refractivity contribution in [2.75, 3.05) is 13.3 Å². The van der Waals surface area contributed by atoms with Crippen molar-refractivity contribution < 1.29 is 24.2 Å². The topological polar surface area (TPSA) is 84.9 Å². The van der Waals surface area contributed by atoms with Gasteiger partial charge in [0.15, 0.2) is 11.5 Å². The van der Waals surface area contributed by atoms with Crippen LogP contribution in [0.3, 0.4) is 0 Å². The van der Waals surface area contributed by atoms with Crippen molar-refractivity contribution in [3.05, 3.63) is 23.8 Å². The smallest absolute Gasteiger partial charge is 0.307 e. The minimum Gasteiger partial charge on any atom is -0.481 e. The maximum atomic E-state index is 11.7. The number of fused-ring (bicyclic) bond motifs is 1. The molecule has 0 saturated heterocycles. The lowest BCUT2D eigenvalue weighted by Gasteiger charge is -2.05. The summed E-state index contributed by atoms with van der Waals surface area (Å²) in [5.74, 6) is -0.453. The van der Waals surface area contributed by atoms with Crippen molar-refractivity contribution in [1.82, 2.24) is 5.32 Å². The molecule has 2 N–H and O–H groups in total. The predicted octanol–water partition coefficient (Wildman–Crippen LogP) is 0.795. The number of rotatable bonds is 5. The Labute approximate surface area is 115 Å². The van der Waals surface area contributed by atoms with Crippen molar-refractivity contribution in [3.8, 4) is 11.5 Å². The summed E-state index contributed by atoms with van der Waals surface area (Å²) in [5, 5.41) is 11.5. The first kappa shape index (κ1) is 12.8. The number of hydrogen-bond acceptors (Lipinski definition) is 4. The number of aliphatic carboxylic acids is 1. The molecule has 1 aliphatic carbocycles. The zero-order valence-electron chi connectivity index (χ0n) is 10.8. The highest BCUT2D eigenvalue weighted by Gasteiger charge is 2.48. The first-order valence-electron chi connectivity index (χ1n) is 6.54. The van der Waals surface area contributed by atoms with Gasteiger partial charge in [-0.25, -0.2) is 0 Å². The van der Waals surface area contributed by atoms with Gasteiger partial charge in [0.25, 0.3) is 0 Å². The largest absolute Gasteiger partial charge is 0.481 e. The lowest BCUT2D eigenvalue weighted by atomic mass is 10.1. The SMILES string of the molecule is O=C(O)[C@H]1C[C@H]1C(=O)NCCc1ccc2c(c1)OCO2. The Morgan fingerprint density at radius 1 is 1.25 bits per heavy atom. The van der Waals surface area contributed by atoms with Crippen LogP contribution in [0.15, 0.2) is 18.2 Å². The number of hydrogen-bond donors (Lipinski definition) is 2. The monoisotopic (exact) mass is 277 g/mol. The number of nitrogens with one attached hydrogen (secondary N) is 1. The summed E-state index contributed by atoms with van der Waals surface area (Å²) in [5.41, 5.74) is 1.04. The molecule has 106 valence electrons. The van der Waals surface area contributed by atoms with Gasteiger partial charge in [0.2, 0.25) is 12.7 Å². The number of ether oxygens (including phenoxy) is 2. The molecular weight excluding hydrogens is 262 g/mol. The number of benzene rings is 1. The molecule has 1 heterocycles. The summed E-state index contributed by atoms with van der Waals surface area (Å²) >= 11 is 0. The van der Waals surface area contributed by atoms with E-state index >= 15 is 0 Å². The maximum Gasteiger partial charge on any atom is 0.307 e. The molecule has 0 aromatic heterocycles. The quantitative estimate of drug-likeness (QED) is 0.831. The van der Waals surface area contributed by atoms with E-state index in [1.807, 2.05) is 18.2 Å². The Morgan fingerprint density at radius 2 is 2.05 bits per heavy atom. The summed E-state index contributed by atoms with van der Waals surface area (Å²) < 4.78 is 10.5. The molecule has 20 heavy (non-hydrogen) atoms. The molecule has 1 saturated carbocycles. The fourth-order valence-corrected chi connectivity index (χ4v) is 2.32. The van der Waals surface area contributed by atoms with Gasteiger partial charge in [-0.1, -0.05) is 6.07 Å². The van der Waals surface area contributed by atoms with Gasteiger partial charge in [0.05, 0.1) is 11.8 Å². The van der Waals surface area contributed by atoms with E-state index in [4.69, 9.17) is 14.6 Å². The Morgan fingerprint density at radius 3 is 2.80 bits per heavy atom. The zero-order valence-corrected chi connectivity index (χ0v) is 10.8. The third-order valence-corrected chi connectivity index (χ3v) is 3.59. The van der Waals surface area contributed by atoms with Crippen molar-refractivity contribution in [2.45, 2.75) is 12.8 Å². The molecule has 0 bridgehead atoms. The average molecular weight is 277 g/mol. The van der Waals surface area contributed by atoms with Crippen LogP contribution in [-0.2, 0) is 16.0 Å². The molecule has 1 aliphatic heterocycles. The van der Waals surface area contributed by atoms with E-state index in [-0.39, 0.29) is 18.6 Å². The lowest BCUT2D eigenvalue weighted by Crippen LogP contribution is -2.28. The summed E-state index contributed by atoms with van der Waals surface area (Å²) in [6, 6.07) is 5.67. The zero-order chi connectivity index (χ0) is 14.1. The number of carboxylic acids is 1. The summed E-state index contributed by atoms with van der Waals surface area (Å²) in [7, 11) is 0. The van der Waals surface area contributed by atoms with Crippen molar-refractivity contribution in [1.29, 1.82) is 0 Å². The van der Waals surface area contributed by atoms with Gasteiger partial charge >= 0.3 is 5.97 Å². The average Bonchev–Trinajstić information content (AvgIpc) is 3.10. The molecule has 0 spiro atoms. The van der Waals surface area contributed by atoms with E-state index < -0.39 is 11.9 Å². The van der Waals surface area contributed by atoms with Gasteiger partial charge in [-0.15, -0.1) is 0 Å². The Kier molecular flexibility index (Phi) is 3.22.